The molecule has 0 saturated carbocycles. The maximum Gasteiger partial charge on any atom is 0.222 e. The maximum absolute atomic E-state index is 11.3. The first-order valence-electron chi connectivity index (χ1n) is 6.29. The van der Waals surface area contributed by atoms with Crippen LogP contribution in [0.15, 0.2) is 0 Å². The summed E-state index contributed by atoms with van der Waals surface area (Å²) in [6, 6.07) is 0.606. The number of hydrogen-bond acceptors (Lipinski definition) is 3. The van der Waals surface area contributed by atoms with E-state index in [9.17, 15) is 4.79 Å². The van der Waals surface area contributed by atoms with E-state index in [4.69, 9.17) is 4.74 Å². The highest BCUT2D eigenvalue weighted by molar-refractivity contribution is 5.77. The molecular weight excluding hydrogens is 204 g/mol. The van der Waals surface area contributed by atoms with Crippen molar-refractivity contribution in [3.8, 4) is 0 Å². The second kappa shape index (κ2) is 7.63. The summed E-state index contributed by atoms with van der Waals surface area (Å²) in [5.41, 5.74) is 0. The second-order valence-corrected chi connectivity index (χ2v) is 4.64. The molecule has 1 fully saturated rings. The van der Waals surface area contributed by atoms with Crippen molar-refractivity contribution in [1.82, 2.24) is 10.6 Å². The third kappa shape index (κ3) is 5.47. The van der Waals surface area contributed by atoms with Crippen LogP contribution in [0.2, 0.25) is 0 Å². The molecule has 0 aliphatic carbocycles. The largest absolute Gasteiger partial charge is 0.381 e. The summed E-state index contributed by atoms with van der Waals surface area (Å²) in [6.45, 7) is 7.32. The Morgan fingerprint density at radius 2 is 2.00 bits per heavy atom. The van der Waals surface area contributed by atoms with Crippen LogP contribution in [0.4, 0.5) is 0 Å². The van der Waals surface area contributed by atoms with Crippen molar-refractivity contribution in [3.63, 3.8) is 0 Å². The zero-order chi connectivity index (χ0) is 11.8. The van der Waals surface area contributed by atoms with E-state index in [2.05, 4.69) is 10.6 Å². The summed E-state index contributed by atoms with van der Waals surface area (Å²) in [4.78, 5) is 11.3. The molecule has 0 aromatic rings. The first-order valence-corrected chi connectivity index (χ1v) is 6.29. The molecular formula is C12H24N2O2. The van der Waals surface area contributed by atoms with Gasteiger partial charge in [-0.05, 0) is 25.8 Å². The molecule has 0 spiro atoms. The Balaban J connectivity index is 1.93. The highest BCUT2D eigenvalue weighted by atomic mass is 16.5. The van der Waals surface area contributed by atoms with Crippen molar-refractivity contribution in [2.45, 2.75) is 39.2 Å². The lowest BCUT2D eigenvalue weighted by Crippen LogP contribution is -2.37. The summed E-state index contributed by atoms with van der Waals surface area (Å²) in [6.07, 6.45) is 3.21. The lowest BCUT2D eigenvalue weighted by atomic mass is 10.1. The normalized spacial score (nSPS) is 17.7. The van der Waals surface area contributed by atoms with Crippen molar-refractivity contribution < 1.29 is 9.53 Å². The third-order valence-corrected chi connectivity index (χ3v) is 2.83. The molecule has 0 unspecified atom stereocenters. The van der Waals surface area contributed by atoms with Gasteiger partial charge < -0.3 is 15.4 Å². The number of rotatable bonds is 6. The fourth-order valence-corrected chi connectivity index (χ4v) is 1.71. The zero-order valence-corrected chi connectivity index (χ0v) is 10.4. The summed E-state index contributed by atoms with van der Waals surface area (Å²) in [5, 5.41) is 6.41. The zero-order valence-electron chi connectivity index (χ0n) is 10.4. The lowest BCUT2D eigenvalue weighted by molar-refractivity contribution is -0.123. The number of amides is 1. The number of carbonyl (C=O) groups excluding carboxylic acids is 1. The standard InChI is InChI=1S/C12H24N2O2/c1-10(2)12(15)14-7-3-6-13-11-4-8-16-9-5-11/h10-11,13H,3-9H2,1-2H3,(H,14,15). The highest BCUT2D eigenvalue weighted by Gasteiger charge is 2.12. The van der Waals surface area contributed by atoms with E-state index in [1.54, 1.807) is 0 Å². The average molecular weight is 228 g/mol. The first-order chi connectivity index (χ1) is 7.70. The molecule has 0 bridgehead atoms. The van der Waals surface area contributed by atoms with Gasteiger partial charge in [0.15, 0.2) is 0 Å². The van der Waals surface area contributed by atoms with Crippen LogP contribution < -0.4 is 10.6 Å². The Bertz CT molecular complexity index is 201. The monoisotopic (exact) mass is 228 g/mol. The molecule has 4 heteroatoms. The molecule has 2 N–H and O–H groups in total. The van der Waals surface area contributed by atoms with Crippen LogP contribution >= 0.6 is 0 Å². The van der Waals surface area contributed by atoms with Crippen molar-refractivity contribution in [2.75, 3.05) is 26.3 Å². The van der Waals surface area contributed by atoms with E-state index < -0.39 is 0 Å². The van der Waals surface area contributed by atoms with E-state index in [0.29, 0.717) is 6.04 Å². The predicted octanol–water partition coefficient (Wildman–Crippen LogP) is 0.917. The van der Waals surface area contributed by atoms with Gasteiger partial charge in [-0.1, -0.05) is 13.8 Å². The Morgan fingerprint density at radius 3 is 2.62 bits per heavy atom. The summed E-state index contributed by atoms with van der Waals surface area (Å²) in [7, 11) is 0. The topological polar surface area (TPSA) is 50.4 Å². The molecule has 0 aromatic heterocycles. The molecule has 4 nitrogen and oxygen atoms in total. The Labute approximate surface area is 98.1 Å². The minimum absolute atomic E-state index is 0.0865. The van der Waals surface area contributed by atoms with Gasteiger partial charge in [-0.25, -0.2) is 0 Å². The van der Waals surface area contributed by atoms with E-state index in [0.717, 1.165) is 45.6 Å². The van der Waals surface area contributed by atoms with E-state index in [-0.39, 0.29) is 11.8 Å². The predicted molar refractivity (Wildman–Crippen MR) is 64.3 cm³/mol. The Morgan fingerprint density at radius 1 is 1.31 bits per heavy atom. The van der Waals surface area contributed by atoms with Crippen LogP contribution in [0.1, 0.15) is 33.1 Å². The average Bonchev–Trinajstić information content (AvgIpc) is 2.29. The number of hydrogen-bond donors (Lipinski definition) is 2. The minimum atomic E-state index is 0.0865. The molecule has 1 aliphatic heterocycles. The van der Waals surface area contributed by atoms with Gasteiger partial charge in [0, 0.05) is 31.7 Å². The van der Waals surface area contributed by atoms with Crippen LogP contribution in [-0.2, 0) is 9.53 Å². The van der Waals surface area contributed by atoms with Crippen LogP contribution in [-0.4, -0.2) is 38.3 Å². The van der Waals surface area contributed by atoms with Gasteiger partial charge in [-0.2, -0.15) is 0 Å². The van der Waals surface area contributed by atoms with Gasteiger partial charge in [0.25, 0.3) is 0 Å². The van der Waals surface area contributed by atoms with Gasteiger partial charge in [0.1, 0.15) is 0 Å². The maximum atomic E-state index is 11.3. The van der Waals surface area contributed by atoms with E-state index in [1.807, 2.05) is 13.8 Å². The van der Waals surface area contributed by atoms with Crippen molar-refractivity contribution in [1.29, 1.82) is 0 Å². The van der Waals surface area contributed by atoms with Crippen LogP contribution in [0.3, 0.4) is 0 Å². The van der Waals surface area contributed by atoms with Gasteiger partial charge in [0.2, 0.25) is 5.91 Å². The molecule has 1 amide bonds. The van der Waals surface area contributed by atoms with E-state index >= 15 is 0 Å². The number of ether oxygens (including phenoxy) is 1. The SMILES string of the molecule is CC(C)C(=O)NCCCNC1CCOCC1. The van der Waals surface area contributed by atoms with E-state index in [1.165, 1.54) is 0 Å². The van der Waals surface area contributed by atoms with Crippen molar-refractivity contribution >= 4 is 5.91 Å². The van der Waals surface area contributed by atoms with Gasteiger partial charge >= 0.3 is 0 Å². The highest BCUT2D eigenvalue weighted by Crippen LogP contribution is 2.05. The Kier molecular flexibility index (Phi) is 6.42. The molecule has 0 aromatic carbocycles. The molecule has 16 heavy (non-hydrogen) atoms. The summed E-state index contributed by atoms with van der Waals surface area (Å²) in [5.74, 6) is 0.231. The van der Waals surface area contributed by atoms with Gasteiger partial charge in [-0.15, -0.1) is 0 Å². The van der Waals surface area contributed by atoms with Crippen molar-refractivity contribution in [3.05, 3.63) is 0 Å². The van der Waals surface area contributed by atoms with Crippen LogP contribution in [0.25, 0.3) is 0 Å². The van der Waals surface area contributed by atoms with Crippen LogP contribution in [0.5, 0.6) is 0 Å². The lowest BCUT2D eigenvalue weighted by Gasteiger charge is -2.23. The minimum Gasteiger partial charge on any atom is -0.381 e. The molecule has 1 rings (SSSR count). The molecule has 1 heterocycles. The molecule has 94 valence electrons. The molecule has 1 aliphatic rings. The van der Waals surface area contributed by atoms with Gasteiger partial charge in [-0.3, -0.25) is 4.79 Å². The number of nitrogens with one attached hydrogen (secondary N) is 2. The Hall–Kier alpha value is -0.610. The quantitative estimate of drug-likeness (QED) is 0.665. The second-order valence-electron chi connectivity index (χ2n) is 4.64. The van der Waals surface area contributed by atoms with Crippen LogP contribution in [0, 0.1) is 5.92 Å². The van der Waals surface area contributed by atoms with Crippen molar-refractivity contribution in [2.24, 2.45) is 5.92 Å². The number of carbonyl (C=O) groups is 1. The fourth-order valence-electron chi connectivity index (χ4n) is 1.71. The molecule has 1 saturated heterocycles. The third-order valence-electron chi connectivity index (χ3n) is 2.83. The van der Waals surface area contributed by atoms with Gasteiger partial charge in [0.05, 0.1) is 0 Å². The smallest absolute Gasteiger partial charge is 0.222 e. The molecule has 0 radical (unpaired) electrons. The first kappa shape index (κ1) is 13.5. The molecule has 0 atom stereocenters. The summed E-state index contributed by atoms with van der Waals surface area (Å²) >= 11 is 0. The fraction of sp³-hybridized carbons (Fsp3) is 0.917. The summed E-state index contributed by atoms with van der Waals surface area (Å²) < 4.78 is 5.29.